The Hall–Kier alpha value is -0.570. The van der Waals surface area contributed by atoms with Crippen LogP contribution in [0.4, 0.5) is 0 Å². The van der Waals surface area contributed by atoms with Crippen molar-refractivity contribution < 1.29 is 4.79 Å². The zero-order valence-electron chi connectivity index (χ0n) is 11.6. The number of piperidine rings is 1. The van der Waals surface area contributed by atoms with Gasteiger partial charge in [-0.25, -0.2) is 0 Å². The summed E-state index contributed by atoms with van der Waals surface area (Å²) in [5, 5.41) is 6.23. The van der Waals surface area contributed by atoms with Crippen LogP contribution >= 0.6 is 0 Å². The number of hydrogen-bond acceptors (Lipinski definition) is 2. The van der Waals surface area contributed by atoms with E-state index in [9.17, 15) is 4.79 Å². The van der Waals surface area contributed by atoms with Gasteiger partial charge < -0.3 is 10.6 Å². The van der Waals surface area contributed by atoms with Crippen LogP contribution in [0.15, 0.2) is 0 Å². The fourth-order valence-corrected chi connectivity index (χ4v) is 2.57. The van der Waals surface area contributed by atoms with Gasteiger partial charge >= 0.3 is 0 Å². The molecule has 1 aliphatic rings. The number of rotatable bonds is 6. The van der Waals surface area contributed by atoms with E-state index in [1.807, 2.05) is 6.92 Å². The lowest BCUT2D eigenvalue weighted by Gasteiger charge is -2.29. The van der Waals surface area contributed by atoms with Crippen molar-refractivity contribution in [1.29, 1.82) is 0 Å². The Labute approximate surface area is 106 Å². The Morgan fingerprint density at radius 1 is 1.47 bits per heavy atom. The van der Waals surface area contributed by atoms with E-state index in [0.717, 1.165) is 31.3 Å². The first-order valence-corrected chi connectivity index (χ1v) is 7.14. The molecule has 1 fully saturated rings. The molecular formula is C14H28N2O. The topological polar surface area (TPSA) is 41.1 Å². The van der Waals surface area contributed by atoms with Crippen molar-refractivity contribution in [1.82, 2.24) is 10.6 Å². The van der Waals surface area contributed by atoms with Crippen LogP contribution in [0.2, 0.25) is 0 Å². The summed E-state index contributed by atoms with van der Waals surface area (Å²) in [5.41, 5.74) is 0. The van der Waals surface area contributed by atoms with E-state index in [2.05, 4.69) is 24.5 Å². The average Bonchev–Trinajstić information content (AvgIpc) is 2.29. The molecule has 2 unspecified atom stereocenters. The summed E-state index contributed by atoms with van der Waals surface area (Å²) >= 11 is 0. The second-order valence-corrected chi connectivity index (χ2v) is 5.62. The number of carbonyl (C=O) groups is 1. The van der Waals surface area contributed by atoms with Crippen LogP contribution in [0.25, 0.3) is 0 Å². The molecule has 3 heteroatoms. The Morgan fingerprint density at radius 3 is 2.88 bits per heavy atom. The number of likely N-dealkylation sites (N-methyl/N-ethyl adjacent to an activating group) is 1. The predicted octanol–water partition coefficient (Wildman–Crippen LogP) is 2.32. The first-order chi connectivity index (χ1) is 8.13. The lowest BCUT2D eigenvalue weighted by Crippen LogP contribution is -2.48. The van der Waals surface area contributed by atoms with Crippen molar-refractivity contribution >= 4 is 5.91 Å². The maximum atomic E-state index is 11.8. The summed E-state index contributed by atoms with van der Waals surface area (Å²) < 4.78 is 0. The van der Waals surface area contributed by atoms with E-state index in [0.29, 0.717) is 0 Å². The van der Waals surface area contributed by atoms with Gasteiger partial charge in [-0.05, 0) is 38.1 Å². The zero-order valence-corrected chi connectivity index (χ0v) is 11.6. The van der Waals surface area contributed by atoms with Crippen LogP contribution in [-0.4, -0.2) is 25.0 Å². The van der Waals surface area contributed by atoms with Crippen LogP contribution < -0.4 is 10.6 Å². The van der Waals surface area contributed by atoms with Gasteiger partial charge in [-0.2, -0.15) is 0 Å². The molecule has 1 saturated heterocycles. The van der Waals surface area contributed by atoms with Crippen LogP contribution in [0.5, 0.6) is 0 Å². The molecule has 100 valence electrons. The third-order valence-electron chi connectivity index (χ3n) is 3.57. The molecule has 0 spiro atoms. The van der Waals surface area contributed by atoms with Gasteiger partial charge in [0.25, 0.3) is 0 Å². The SMILES string of the molecule is CCNC(=O)C1CC(CCCC(C)C)CCN1. The standard InChI is InChI=1S/C14H28N2O/c1-4-15-14(17)13-10-12(8-9-16-13)7-5-6-11(2)3/h11-13,16H,4-10H2,1-3H3,(H,15,17). The molecule has 1 aliphatic heterocycles. The van der Waals surface area contributed by atoms with Gasteiger partial charge in [0.15, 0.2) is 0 Å². The Balaban J connectivity index is 2.26. The average molecular weight is 240 g/mol. The molecule has 1 amide bonds. The Kier molecular flexibility index (Phi) is 6.56. The lowest BCUT2D eigenvalue weighted by atomic mass is 9.87. The van der Waals surface area contributed by atoms with E-state index in [-0.39, 0.29) is 11.9 Å². The lowest BCUT2D eigenvalue weighted by molar-refractivity contribution is -0.124. The van der Waals surface area contributed by atoms with Crippen LogP contribution in [0.3, 0.4) is 0 Å². The van der Waals surface area contributed by atoms with Crippen molar-refractivity contribution in [2.24, 2.45) is 11.8 Å². The minimum absolute atomic E-state index is 0.0488. The molecule has 0 radical (unpaired) electrons. The Bertz CT molecular complexity index is 228. The molecule has 1 heterocycles. The fourth-order valence-electron chi connectivity index (χ4n) is 2.57. The molecule has 0 bridgehead atoms. The highest BCUT2D eigenvalue weighted by Crippen LogP contribution is 2.23. The predicted molar refractivity (Wildman–Crippen MR) is 71.9 cm³/mol. The highest BCUT2D eigenvalue weighted by molar-refractivity contribution is 5.81. The highest BCUT2D eigenvalue weighted by Gasteiger charge is 2.25. The molecule has 3 nitrogen and oxygen atoms in total. The maximum absolute atomic E-state index is 11.8. The van der Waals surface area contributed by atoms with Gasteiger partial charge in [0, 0.05) is 6.54 Å². The molecule has 17 heavy (non-hydrogen) atoms. The quantitative estimate of drug-likeness (QED) is 0.748. The molecule has 1 rings (SSSR count). The molecule has 0 saturated carbocycles. The monoisotopic (exact) mass is 240 g/mol. The second kappa shape index (κ2) is 7.70. The van der Waals surface area contributed by atoms with E-state index in [4.69, 9.17) is 0 Å². The number of carbonyl (C=O) groups excluding carboxylic acids is 1. The van der Waals surface area contributed by atoms with Crippen molar-refractivity contribution in [3.05, 3.63) is 0 Å². The highest BCUT2D eigenvalue weighted by atomic mass is 16.2. The van der Waals surface area contributed by atoms with Gasteiger partial charge in [0.1, 0.15) is 0 Å². The molecule has 0 aliphatic carbocycles. The van der Waals surface area contributed by atoms with E-state index in [1.165, 1.54) is 25.7 Å². The first kappa shape index (κ1) is 14.5. The molecule has 0 aromatic heterocycles. The molecule has 0 aromatic rings. The summed E-state index contributed by atoms with van der Waals surface area (Å²) in [6.07, 6.45) is 6.16. The molecular weight excluding hydrogens is 212 g/mol. The summed E-state index contributed by atoms with van der Waals surface area (Å²) in [6, 6.07) is 0.0488. The fraction of sp³-hybridized carbons (Fsp3) is 0.929. The molecule has 2 N–H and O–H groups in total. The maximum Gasteiger partial charge on any atom is 0.237 e. The minimum atomic E-state index is 0.0488. The van der Waals surface area contributed by atoms with Crippen molar-refractivity contribution in [3.63, 3.8) is 0 Å². The first-order valence-electron chi connectivity index (χ1n) is 7.14. The summed E-state index contributed by atoms with van der Waals surface area (Å²) in [4.78, 5) is 11.8. The van der Waals surface area contributed by atoms with Gasteiger partial charge in [-0.15, -0.1) is 0 Å². The third-order valence-corrected chi connectivity index (χ3v) is 3.57. The van der Waals surface area contributed by atoms with Gasteiger partial charge in [0.05, 0.1) is 6.04 Å². The van der Waals surface area contributed by atoms with Gasteiger partial charge in [0.2, 0.25) is 5.91 Å². The van der Waals surface area contributed by atoms with Crippen LogP contribution in [-0.2, 0) is 4.79 Å². The molecule has 0 aromatic carbocycles. The summed E-state index contributed by atoms with van der Waals surface area (Å²) in [6.45, 7) is 8.25. The Morgan fingerprint density at radius 2 is 2.24 bits per heavy atom. The zero-order chi connectivity index (χ0) is 12.7. The number of hydrogen-bond donors (Lipinski definition) is 2. The minimum Gasteiger partial charge on any atom is -0.355 e. The van der Waals surface area contributed by atoms with Gasteiger partial charge in [-0.3, -0.25) is 4.79 Å². The second-order valence-electron chi connectivity index (χ2n) is 5.62. The normalized spacial score (nSPS) is 24.9. The number of nitrogens with one attached hydrogen (secondary N) is 2. The smallest absolute Gasteiger partial charge is 0.237 e. The third kappa shape index (κ3) is 5.53. The van der Waals surface area contributed by atoms with E-state index < -0.39 is 0 Å². The van der Waals surface area contributed by atoms with E-state index in [1.54, 1.807) is 0 Å². The summed E-state index contributed by atoms with van der Waals surface area (Å²) in [7, 11) is 0. The summed E-state index contributed by atoms with van der Waals surface area (Å²) in [5.74, 6) is 1.72. The molecule has 2 atom stereocenters. The van der Waals surface area contributed by atoms with Crippen molar-refractivity contribution in [2.75, 3.05) is 13.1 Å². The number of amides is 1. The van der Waals surface area contributed by atoms with E-state index >= 15 is 0 Å². The van der Waals surface area contributed by atoms with Crippen LogP contribution in [0.1, 0.15) is 52.9 Å². The largest absolute Gasteiger partial charge is 0.355 e. The van der Waals surface area contributed by atoms with Gasteiger partial charge in [-0.1, -0.05) is 33.1 Å². The van der Waals surface area contributed by atoms with Crippen molar-refractivity contribution in [2.45, 2.75) is 58.9 Å². The van der Waals surface area contributed by atoms with Crippen LogP contribution in [0, 0.1) is 11.8 Å². The van der Waals surface area contributed by atoms with Crippen molar-refractivity contribution in [3.8, 4) is 0 Å².